The standard InChI is InChI=1S/C20H35N7O2/c1-5-6-14-29-18-23-16(21)15-17(24-18)27(19(28)22-15)9-7-8-25-10-12-26(13-11-25)20(2,3)4/h5-14H2,1-4H3,(H,22,28)(H2,21,23,24). The Hall–Kier alpha value is -2.13. The highest BCUT2D eigenvalue weighted by Crippen LogP contribution is 2.19. The van der Waals surface area contributed by atoms with E-state index in [2.05, 4.69) is 52.4 Å². The van der Waals surface area contributed by atoms with E-state index < -0.39 is 0 Å². The largest absolute Gasteiger partial charge is 0.463 e. The number of nitrogens with zero attached hydrogens (tertiary/aromatic N) is 5. The molecule has 2 aromatic rings. The van der Waals surface area contributed by atoms with Crippen LogP contribution in [0.1, 0.15) is 47.0 Å². The Bertz CT molecular complexity index is 860. The van der Waals surface area contributed by atoms with Crippen molar-refractivity contribution in [1.82, 2.24) is 29.3 Å². The summed E-state index contributed by atoms with van der Waals surface area (Å²) in [6.07, 6.45) is 2.82. The zero-order valence-electron chi connectivity index (χ0n) is 18.2. The molecule has 3 N–H and O–H groups in total. The van der Waals surface area contributed by atoms with Crippen molar-refractivity contribution in [3.63, 3.8) is 0 Å². The van der Waals surface area contributed by atoms with E-state index in [4.69, 9.17) is 10.5 Å². The molecule has 162 valence electrons. The van der Waals surface area contributed by atoms with Gasteiger partial charge in [0.15, 0.2) is 11.5 Å². The highest BCUT2D eigenvalue weighted by Gasteiger charge is 2.25. The molecular weight excluding hydrogens is 370 g/mol. The van der Waals surface area contributed by atoms with E-state index in [1.807, 2.05) is 0 Å². The number of fused-ring (bicyclic) bond motifs is 1. The average Bonchev–Trinajstić information content (AvgIpc) is 2.98. The molecule has 1 fully saturated rings. The highest BCUT2D eigenvalue weighted by atomic mass is 16.5. The van der Waals surface area contributed by atoms with Gasteiger partial charge in [-0.25, -0.2) is 4.79 Å². The van der Waals surface area contributed by atoms with Crippen LogP contribution in [-0.4, -0.2) is 74.2 Å². The first-order chi connectivity index (χ1) is 13.8. The first kappa shape index (κ1) is 21.6. The molecule has 9 nitrogen and oxygen atoms in total. The molecule has 1 saturated heterocycles. The van der Waals surface area contributed by atoms with Gasteiger partial charge in [-0.1, -0.05) is 13.3 Å². The second-order valence-electron chi connectivity index (χ2n) is 8.73. The third-order valence-electron chi connectivity index (χ3n) is 5.54. The fourth-order valence-electron chi connectivity index (χ4n) is 3.71. The summed E-state index contributed by atoms with van der Waals surface area (Å²) < 4.78 is 7.24. The van der Waals surface area contributed by atoms with Crippen LogP contribution in [0, 0.1) is 0 Å². The molecule has 0 atom stereocenters. The highest BCUT2D eigenvalue weighted by molar-refractivity contribution is 5.81. The lowest BCUT2D eigenvalue weighted by Crippen LogP contribution is -2.53. The van der Waals surface area contributed by atoms with Crippen molar-refractivity contribution in [3.05, 3.63) is 10.5 Å². The zero-order valence-corrected chi connectivity index (χ0v) is 18.2. The van der Waals surface area contributed by atoms with Crippen LogP contribution in [0.5, 0.6) is 6.01 Å². The predicted octanol–water partition coefficient (Wildman–Crippen LogP) is 1.69. The molecule has 0 aliphatic carbocycles. The maximum atomic E-state index is 12.4. The van der Waals surface area contributed by atoms with Crippen LogP contribution < -0.4 is 16.2 Å². The summed E-state index contributed by atoms with van der Waals surface area (Å²) in [5, 5.41) is 0. The van der Waals surface area contributed by atoms with Gasteiger partial charge in [0.2, 0.25) is 0 Å². The quantitative estimate of drug-likeness (QED) is 0.644. The number of nitrogen functional groups attached to an aromatic ring is 1. The van der Waals surface area contributed by atoms with Crippen molar-refractivity contribution >= 4 is 17.0 Å². The van der Waals surface area contributed by atoms with Crippen LogP contribution in [0.4, 0.5) is 5.82 Å². The van der Waals surface area contributed by atoms with Crippen molar-refractivity contribution in [2.45, 2.75) is 59.0 Å². The number of ether oxygens (including phenoxy) is 1. The molecule has 3 heterocycles. The van der Waals surface area contributed by atoms with Gasteiger partial charge >= 0.3 is 11.7 Å². The Balaban J connectivity index is 1.61. The molecule has 0 spiro atoms. The molecule has 0 bridgehead atoms. The summed E-state index contributed by atoms with van der Waals surface area (Å²) in [6.45, 7) is 15.2. The minimum atomic E-state index is -0.204. The molecule has 0 aromatic carbocycles. The van der Waals surface area contributed by atoms with E-state index in [1.54, 1.807) is 4.57 Å². The number of aryl methyl sites for hydroxylation is 1. The zero-order chi connectivity index (χ0) is 21.0. The third kappa shape index (κ3) is 5.27. The molecule has 0 saturated carbocycles. The first-order valence-corrected chi connectivity index (χ1v) is 10.7. The number of anilines is 1. The maximum Gasteiger partial charge on any atom is 0.327 e. The number of nitrogens with two attached hydrogens (primary N) is 1. The lowest BCUT2D eigenvalue weighted by Gasteiger charge is -2.42. The maximum absolute atomic E-state index is 12.4. The van der Waals surface area contributed by atoms with Gasteiger partial charge in [-0.3, -0.25) is 9.47 Å². The molecule has 29 heavy (non-hydrogen) atoms. The number of hydrogen-bond donors (Lipinski definition) is 2. The number of hydrogen-bond acceptors (Lipinski definition) is 7. The van der Waals surface area contributed by atoms with Gasteiger partial charge in [0.05, 0.1) is 6.61 Å². The third-order valence-corrected chi connectivity index (χ3v) is 5.54. The van der Waals surface area contributed by atoms with E-state index in [0.717, 1.165) is 52.0 Å². The fourth-order valence-corrected chi connectivity index (χ4v) is 3.71. The molecule has 0 unspecified atom stereocenters. The monoisotopic (exact) mass is 405 g/mol. The number of H-pyrrole nitrogens is 1. The lowest BCUT2D eigenvalue weighted by atomic mass is 10.0. The Morgan fingerprint density at radius 2 is 1.83 bits per heavy atom. The number of nitrogens with one attached hydrogen (secondary N) is 1. The molecule has 0 amide bonds. The predicted molar refractivity (Wildman–Crippen MR) is 115 cm³/mol. The van der Waals surface area contributed by atoms with Crippen LogP contribution >= 0.6 is 0 Å². The van der Waals surface area contributed by atoms with Crippen molar-refractivity contribution in [3.8, 4) is 6.01 Å². The Labute approximate surface area is 172 Å². The number of aromatic amines is 1. The van der Waals surface area contributed by atoms with E-state index in [-0.39, 0.29) is 23.1 Å². The number of aromatic nitrogens is 4. The number of rotatable bonds is 8. The normalized spacial score (nSPS) is 16.6. The summed E-state index contributed by atoms with van der Waals surface area (Å²) in [5.41, 5.74) is 7.03. The lowest BCUT2D eigenvalue weighted by molar-refractivity contribution is 0.0614. The summed E-state index contributed by atoms with van der Waals surface area (Å²) in [6, 6.07) is 0.231. The van der Waals surface area contributed by atoms with Crippen LogP contribution in [0.15, 0.2) is 4.79 Å². The molecule has 3 rings (SSSR count). The number of imidazole rings is 1. The van der Waals surface area contributed by atoms with Crippen LogP contribution in [0.2, 0.25) is 0 Å². The molecule has 0 radical (unpaired) electrons. The summed E-state index contributed by atoms with van der Waals surface area (Å²) in [4.78, 5) is 28.8. The van der Waals surface area contributed by atoms with E-state index in [9.17, 15) is 4.79 Å². The van der Waals surface area contributed by atoms with E-state index >= 15 is 0 Å². The SMILES string of the molecule is CCCCOc1nc(N)c2[nH]c(=O)n(CCCN3CCN(C(C)(C)C)CC3)c2n1. The number of piperazine rings is 1. The van der Waals surface area contributed by atoms with Crippen molar-refractivity contribution in [2.24, 2.45) is 0 Å². The van der Waals surface area contributed by atoms with Crippen molar-refractivity contribution in [1.29, 1.82) is 0 Å². The first-order valence-electron chi connectivity index (χ1n) is 10.7. The molecule has 9 heteroatoms. The topological polar surface area (TPSA) is 105 Å². The van der Waals surface area contributed by atoms with Crippen LogP contribution in [-0.2, 0) is 6.54 Å². The van der Waals surface area contributed by atoms with Gasteiger partial charge in [0.25, 0.3) is 0 Å². The van der Waals surface area contributed by atoms with Gasteiger partial charge < -0.3 is 20.4 Å². The van der Waals surface area contributed by atoms with Gasteiger partial charge in [-0.2, -0.15) is 9.97 Å². The minimum Gasteiger partial charge on any atom is -0.463 e. The Kier molecular flexibility index (Phi) is 6.79. The smallest absolute Gasteiger partial charge is 0.327 e. The van der Waals surface area contributed by atoms with Gasteiger partial charge in [0.1, 0.15) is 5.52 Å². The Morgan fingerprint density at radius 1 is 1.10 bits per heavy atom. The summed E-state index contributed by atoms with van der Waals surface area (Å²) in [5.74, 6) is 0.246. The summed E-state index contributed by atoms with van der Waals surface area (Å²) in [7, 11) is 0. The Morgan fingerprint density at radius 3 is 2.48 bits per heavy atom. The average molecular weight is 406 g/mol. The fraction of sp³-hybridized carbons (Fsp3) is 0.750. The minimum absolute atomic E-state index is 0.204. The van der Waals surface area contributed by atoms with E-state index in [0.29, 0.717) is 24.3 Å². The second kappa shape index (κ2) is 9.13. The molecule has 1 aliphatic heterocycles. The van der Waals surface area contributed by atoms with Crippen molar-refractivity contribution < 1.29 is 4.74 Å². The van der Waals surface area contributed by atoms with Crippen molar-refractivity contribution in [2.75, 3.05) is 45.1 Å². The van der Waals surface area contributed by atoms with E-state index in [1.165, 1.54) is 0 Å². The van der Waals surface area contributed by atoms with Gasteiger partial charge in [-0.05, 0) is 40.2 Å². The van der Waals surface area contributed by atoms with Gasteiger partial charge in [-0.15, -0.1) is 0 Å². The molecule has 1 aliphatic rings. The molecular formula is C20H35N7O2. The second-order valence-corrected chi connectivity index (χ2v) is 8.73. The summed E-state index contributed by atoms with van der Waals surface area (Å²) >= 11 is 0. The van der Waals surface area contributed by atoms with Gasteiger partial charge in [0, 0.05) is 38.3 Å². The van der Waals surface area contributed by atoms with Crippen LogP contribution in [0.25, 0.3) is 11.2 Å². The van der Waals surface area contributed by atoms with Crippen LogP contribution in [0.3, 0.4) is 0 Å². The molecule has 2 aromatic heterocycles. The number of unbranched alkanes of at least 4 members (excludes halogenated alkanes) is 1.